The summed E-state index contributed by atoms with van der Waals surface area (Å²) in [6.45, 7) is 1.40. The molecule has 3 heterocycles. The molecule has 4 rings (SSSR count). The first kappa shape index (κ1) is 20.6. The minimum atomic E-state index is -3.26. The summed E-state index contributed by atoms with van der Waals surface area (Å²) in [6.07, 6.45) is 5.89. The molecular formula is C22H20N6O2S. The van der Waals surface area contributed by atoms with Gasteiger partial charge in [0.2, 0.25) is 0 Å². The number of fused-ring (bicyclic) bond motifs is 1. The maximum Gasteiger partial charge on any atom is 0.175 e. The van der Waals surface area contributed by atoms with E-state index in [1.165, 1.54) is 6.26 Å². The molecule has 0 amide bonds. The van der Waals surface area contributed by atoms with E-state index in [2.05, 4.69) is 32.3 Å². The Balaban J connectivity index is 1.69. The van der Waals surface area contributed by atoms with Crippen molar-refractivity contribution < 1.29 is 8.42 Å². The van der Waals surface area contributed by atoms with E-state index in [1.54, 1.807) is 36.7 Å². The molecule has 0 atom stereocenters. The summed E-state index contributed by atoms with van der Waals surface area (Å²) in [4.78, 5) is 11.2. The molecule has 1 aliphatic rings. The molecule has 0 spiro atoms. The smallest absolute Gasteiger partial charge is 0.175 e. The number of hydrogen-bond donors (Lipinski definition) is 1. The predicted molar refractivity (Wildman–Crippen MR) is 118 cm³/mol. The zero-order valence-electron chi connectivity index (χ0n) is 16.9. The van der Waals surface area contributed by atoms with Gasteiger partial charge in [0.25, 0.3) is 0 Å². The summed E-state index contributed by atoms with van der Waals surface area (Å²) in [5.74, 6) is 0.605. The fourth-order valence-electron chi connectivity index (χ4n) is 3.74. The molecule has 0 aliphatic carbocycles. The number of rotatable bonds is 4. The summed E-state index contributed by atoms with van der Waals surface area (Å²) < 4.78 is 23.3. The van der Waals surface area contributed by atoms with E-state index in [1.807, 2.05) is 6.07 Å². The van der Waals surface area contributed by atoms with Crippen molar-refractivity contribution in [3.63, 3.8) is 0 Å². The Hall–Kier alpha value is -3.69. The third-order valence-electron chi connectivity index (χ3n) is 5.39. The molecule has 0 bridgehead atoms. The van der Waals surface area contributed by atoms with E-state index < -0.39 is 9.84 Å². The van der Waals surface area contributed by atoms with Crippen molar-refractivity contribution in [1.29, 1.82) is 10.5 Å². The van der Waals surface area contributed by atoms with Crippen LogP contribution in [0.3, 0.4) is 0 Å². The minimum absolute atomic E-state index is 0.0451. The number of nitrogens with zero attached hydrogens (tertiary/aromatic N) is 5. The summed E-state index contributed by atoms with van der Waals surface area (Å²) >= 11 is 0. The van der Waals surface area contributed by atoms with E-state index in [9.17, 15) is 18.9 Å². The predicted octanol–water partition coefficient (Wildman–Crippen LogP) is 3.39. The molecule has 0 unspecified atom stereocenters. The summed E-state index contributed by atoms with van der Waals surface area (Å²) in [7, 11) is -3.26. The van der Waals surface area contributed by atoms with Crippen molar-refractivity contribution in [1.82, 2.24) is 9.97 Å². The molecule has 1 fully saturated rings. The standard InChI is InChI=1S/C22H20N6O2S/c1-31(29,30)18-4-2-17(3-5-18)27-21-10-19-20(14-26-21)25-13-16(12-24)22(19)28-8-6-15(11-23)7-9-28/h2-5,10,13-15H,6-9H2,1H3,(H,26,27). The second-order valence-corrected chi connectivity index (χ2v) is 9.55. The number of nitriles is 2. The lowest BCUT2D eigenvalue weighted by Gasteiger charge is -2.32. The van der Waals surface area contributed by atoms with E-state index in [0.29, 0.717) is 35.7 Å². The average Bonchev–Trinajstić information content (AvgIpc) is 2.78. The number of pyridine rings is 2. The van der Waals surface area contributed by atoms with E-state index >= 15 is 0 Å². The lowest BCUT2D eigenvalue weighted by molar-refractivity contribution is 0.488. The van der Waals surface area contributed by atoms with Gasteiger partial charge < -0.3 is 10.2 Å². The van der Waals surface area contributed by atoms with Crippen molar-refractivity contribution >= 4 is 37.9 Å². The van der Waals surface area contributed by atoms with Crippen LogP contribution in [0.5, 0.6) is 0 Å². The van der Waals surface area contributed by atoms with Crippen molar-refractivity contribution in [3.8, 4) is 12.1 Å². The van der Waals surface area contributed by atoms with E-state index in [-0.39, 0.29) is 10.8 Å². The zero-order valence-corrected chi connectivity index (χ0v) is 17.7. The quantitative estimate of drug-likeness (QED) is 0.665. The highest BCUT2D eigenvalue weighted by atomic mass is 32.2. The first-order valence-electron chi connectivity index (χ1n) is 9.79. The van der Waals surface area contributed by atoms with Gasteiger partial charge in [0, 0.05) is 42.5 Å². The summed E-state index contributed by atoms with van der Waals surface area (Å²) in [5.41, 5.74) is 2.66. The van der Waals surface area contributed by atoms with Gasteiger partial charge in [-0.05, 0) is 43.2 Å². The molecule has 1 aliphatic heterocycles. The second kappa shape index (κ2) is 8.21. The fraction of sp³-hybridized carbons (Fsp3) is 0.273. The van der Waals surface area contributed by atoms with Gasteiger partial charge in [0.15, 0.2) is 9.84 Å². The van der Waals surface area contributed by atoms with Crippen LogP contribution in [0, 0.1) is 28.6 Å². The largest absolute Gasteiger partial charge is 0.370 e. The van der Waals surface area contributed by atoms with E-state index in [4.69, 9.17) is 0 Å². The van der Waals surface area contributed by atoms with Crippen LogP contribution in [-0.2, 0) is 9.84 Å². The number of nitrogens with one attached hydrogen (secondary N) is 1. The van der Waals surface area contributed by atoms with Gasteiger partial charge in [0.1, 0.15) is 11.9 Å². The third kappa shape index (κ3) is 4.27. The highest BCUT2D eigenvalue weighted by molar-refractivity contribution is 7.90. The van der Waals surface area contributed by atoms with Crippen molar-refractivity contribution in [2.45, 2.75) is 17.7 Å². The van der Waals surface area contributed by atoms with Crippen LogP contribution in [0.4, 0.5) is 17.2 Å². The SMILES string of the molecule is CS(=O)(=O)c1ccc(Nc2cc3c(N4CCC(C#N)CC4)c(C#N)cnc3cn2)cc1. The van der Waals surface area contributed by atoms with Gasteiger partial charge in [-0.3, -0.25) is 4.98 Å². The minimum Gasteiger partial charge on any atom is -0.370 e. The Morgan fingerprint density at radius 1 is 1.10 bits per heavy atom. The molecule has 9 heteroatoms. The number of aromatic nitrogens is 2. The lowest BCUT2D eigenvalue weighted by Crippen LogP contribution is -2.34. The summed E-state index contributed by atoms with van der Waals surface area (Å²) in [6, 6.07) is 12.9. The molecule has 1 aromatic carbocycles. The molecule has 31 heavy (non-hydrogen) atoms. The normalized spacial score (nSPS) is 14.7. The van der Waals surface area contributed by atoms with Crippen molar-refractivity contribution in [2.24, 2.45) is 5.92 Å². The van der Waals surface area contributed by atoms with Gasteiger partial charge in [-0.1, -0.05) is 0 Å². The topological polar surface area (TPSA) is 123 Å². The van der Waals surface area contributed by atoms with Crippen LogP contribution in [0.2, 0.25) is 0 Å². The zero-order chi connectivity index (χ0) is 22.0. The second-order valence-electron chi connectivity index (χ2n) is 7.53. The molecule has 3 aromatic rings. The first-order valence-corrected chi connectivity index (χ1v) is 11.7. The molecule has 1 N–H and O–H groups in total. The fourth-order valence-corrected chi connectivity index (χ4v) is 4.37. The molecule has 2 aromatic heterocycles. The van der Waals surface area contributed by atoms with Gasteiger partial charge in [-0.25, -0.2) is 13.4 Å². The van der Waals surface area contributed by atoms with Crippen LogP contribution in [0.15, 0.2) is 47.6 Å². The van der Waals surface area contributed by atoms with Gasteiger partial charge in [0.05, 0.1) is 33.9 Å². The van der Waals surface area contributed by atoms with Gasteiger partial charge in [-0.2, -0.15) is 10.5 Å². The number of sulfone groups is 1. The number of hydrogen-bond acceptors (Lipinski definition) is 8. The average molecular weight is 433 g/mol. The Labute approximate surface area is 180 Å². The van der Waals surface area contributed by atoms with Crippen LogP contribution in [0.25, 0.3) is 10.9 Å². The number of piperidine rings is 1. The first-order chi connectivity index (χ1) is 14.9. The number of anilines is 3. The highest BCUT2D eigenvalue weighted by Gasteiger charge is 2.23. The van der Waals surface area contributed by atoms with Gasteiger partial charge in [-0.15, -0.1) is 0 Å². The van der Waals surface area contributed by atoms with E-state index in [0.717, 1.165) is 23.9 Å². The van der Waals surface area contributed by atoms with Crippen molar-refractivity contribution in [2.75, 3.05) is 29.6 Å². The molecule has 156 valence electrons. The molecule has 0 radical (unpaired) electrons. The Kier molecular flexibility index (Phi) is 5.45. The molecule has 8 nitrogen and oxygen atoms in total. The maximum atomic E-state index is 11.6. The van der Waals surface area contributed by atoms with Crippen LogP contribution in [-0.4, -0.2) is 37.7 Å². The van der Waals surface area contributed by atoms with Gasteiger partial charge >= 0.3 is 0 Å². The van der Waals surface area contributed by atoms with Crippen LogP contribution in [0.1, 0.15) is 18.4 Å². The third-order valence-corrected chi connectivity index (χ3v) is 6.52. The van der Waals surface area contributed by atoms with Crippen LogP contribution < -0.4 is 10.2 Å². The molecule has 1 saturated heterocycles. The lowest BCUT2D eigenvalue weighted by atomic mass is 9.97. The van der Waals surface area contributed by atoms with Crippen LogP contribution >= 0.6 is 0 Å². The Morgan fingerprint density at radius 3 is 2.42 bits per heavy atom. The molecule has 0 saturated carbocycles. The number of benzene rings is 1. The molecular weight excluding hydrogens is 412 g/mol. The monoisotopic (exact) mass is 432 g/mol. The Morgan fingerprint density at radius 2 is 1.81 bits per heavy atom. The highest BCUT2D eigenvalue weighted by Crippen LogP contribution is 2.33. The van der Waals surface area contributed by atoms with Crippen molar-refractivity contribution in [3.05, 3.63) is 48.3 Å². The summed E-state index contributed by atoms with van der Waals surface area (Å²) in [5, 5.41) is 22.8. The maximum absolute atomic E-state index is 11.6. The Bertz CT molecular complexity index is 1320.